The Labute approximate surface area is 182 Å². The van der Waals surface area contributed by atoms with Crippen molar-refractivity contribution in [2.24, 2.45) is 5.92 Å². The zero-order valence-corrected chi connectivity index (χ0v) is 17.8. The molecule has 0 unspecified atom stereocenters. The van der Waals surface area contributed by atoms with Gasteiger partial charge in [-0.1, -0.05) is 29.8 Å². The van der Waals surface area contributed by atoms with Crippen molar-refractivity contribution >= 4 is 11.8 Å². The summed E-state index contributed by atoms with van der Waals surface area (Å²) in [7, 11) is 0. The molecule has 2 aromatic heterocycles. The minimum absolute atomic E-state index is 0.00726. The van der Waals surface area contributed by atoms with Crippen LogP contribution in [-0.4, -0.2) is 45.9 Å². The van der Waals surface area contributed by atoms with E-state index in [4.69, 9.17) is 0 Å². The Hall–Kier alpha value is -3.41. The highest BCUT2D eigenvalue weighted by atomic mass is 16.2. The van der Waals surface area contributed by atoms with E-state index < -0.39 is 0 Å². The van der Waals surface area contributed by atoms with E-state index in [0.717, 1.165) is 12.1 Å². The second-order valence-electron chi connectivity index (χ2n) is 8.07. The fourth-order valence-corrected chi connectivity index (χ4v) is 4.13. The maximum Gasteiger partial charge on any atom is 0.270 e. The quantitative estimate of drug-likeness (QED) is 0.670. The van der Waals surface area contributed by atoms with Crippen molar-refractivity contribution in [1.82, 2.24) is 19.8 Å². The first-order valence-electron chi connectivity index (χ1n) is 10.8. The molecule has 0 spiro atoms. The maximum absolute atomic E-state index is 13.1. The van der Waals surface area contributed by atoms with Crippen molar-refractivity contribution < 1.29 is 9.59 Å². The topological polar surface area (TPSA) is 67.2 Å². The third-order valence-electron chi connectivity index (χ3n) is 5.84. The van der Waals surface area contributed by atoms with Gasteiger partial charge in [0.2, 0.25) is 5.91 Å². The molecule has 1 aliphatic rings. The van der Waals surface area contributed by atoms with Gasteiger partial charge in [0, 0.05) is 37.9 Å². The van der Waals surface area contributed by atoms with E-state index in [1.165, 1.54) is 11.1 Å². The van der Waals surface area contributed by atoms with Crippen LogP contribution in [0.4, 0.5) is 0 Å². The van der Waals surface area contributed by atoms with Crippen LogP contribution in [-0.2, 0) is 11.2 Å². The molecule has 2 amide bonds. The number of likely N-dealkylation sites (tertiary alicyclic amines) is 1. The van der Waals surface area contributed by atoms with Gasteiger partial charge >= 0.3 is 0 Å². The molecule has 1 aromatic carbocycles. The molecule has 0 atom stereocenters. The van der Waals surface area contributed by atoms with Crippen LogP contribution in [0.1, 0.15) is 34.5 Å². The molecule has 1 fully saturated rings. The number of pyridine rings is 1. The van der Waals surface area contributed by atoms with E-state index in [-0.39, 0.29) is 17.7 Å². The molecule has 160 valence electrons. The SMILES string of the molecule is Cc1cccc(CCNC(=O)C2CCN(C(=O)c3cccn3-c3cccnc3)CC2)c1. The molecular weight excluding hydrogens is 388 g/mol. The molecular formula is C25H28N4O2. The normalized spacial score (nSPS) is 14.4. The molecule has 4 rings (SSSR count). The van der Waals surface area contributed by atoms with E-state index in [0.29, 0.717) is 38.2 Å². The van der Waals surface area contributed by atoms with Crippen LogP contribution in [0, 0.1) is 12.8 Å². The third kappa shape index (κ3) is 5.02. The predicted octanol–water partition coefficient (Wildman–Crippen LogP) is 3.39. The minimum Gasteiger partial charge on any atom is -0.356 e. The molecule has 0 bridgehead atoms. The summed E-state index contributed by atoms with van der Waals surface area (Å²) in [5.74, 6) is 0.0531. The molecule has 0 radical (unpaired) electrons. The number of rotatable bonds is 6. The van der Waals surface area contributed by atoms with Gasteiger partial charge in [0.05, 0.1) is 11.9 Å². The van der Waals surface area contributed by atoms with E-state index in [1.54, 1.807) is 12.4 Å². The van der Waals surface area contributed by atoms with Gasteiger partial charge in [-0.3, -0.25) is 14.6 Å². The fraction of sp³-hybridized carbons (Fsp3) is 0.320. The Balaban J connectivity index is 1.28. The second-order valence-corrected chi connectivity index (χ2v) is 8.07. The number of aromatic nitrogens is 2. The zero-order chi connectivity index (χ0) is 21.6. The molecule has 6 heteroatoms. The molecule has 31 heavy (non-hydrogen) atoms. The largest absolute Gasteiger partial charge is 0.356 e. The van der Waals surface area contributed by atoms with Crippen molar-refractivity contribution in [2.75, 3.05) is 19.6 Å². The Kier molecular flexibility index (Phi) is 6.46. The third-order valence-corrected chi connectivity index (χ3v) is 5.84. The Morgan fingerprint density at radius 2 is 1.94 bits per heavy atom. The highest BCUT2D eigenvalue weighted by Crippen LogP contribution is 2.21. The number of nitrogens with one attached hydrogen (secondary N) is 1. The van der Waals surface area contributed by atoms with Crippen LogP contribution in [0.2, 0.25) is 0 Å². The molecule has 1 aliphatic heterocycles. The number of carbonyl (C=O) groups is 2. The lowest BCUT2D eigenvalue weighted by atomic mass is 9.95. The monoisotopic (exact) mass is 416 g/mol. The second kappa shape index (κ2) is 9.60. The molecule has 0 aliphatic carbocycles. The van der Waals surface area contributed by atoms with Gasteiger partial charge in [0.1, 0.15) is 5.69 Å². The number of piperidine rings is 1. The predicted molar refractivity (Wildman–Crippen MR) is 120 cm³/mol. The van der Waals surface area contributed by atoms with Crippen LogP contribution in [0.3, 0.4) is 0 Å². The average molecular weight is 417 g/mol. The number of carbonyl (C=O) groups excluding carboxylic acids is 2. The van der Waals surface area contributed by atoms with E-state index in [2.05, 4.69) is 35.4 Å². The average Bonchev–Trinajstić information content (AvgIpc) is 3.29. The van der Waals surface area contributed by atoms with E-state index in [1.807, 2.05) is 46.0 Å². The molecule has 3 aromatic rings. The molecule has 3 heterocycles. The zero-order valence-electron chi connectivity index (χ0n) is 17.8. The van der Waals surface area contributed by atoms with Crippen molar-refractivity contribution in [3.05, 3.63) is 83.9 Å². The van der Waals surface area contributed by atoms with Crippen molar-refractivity contribution in [3.8, 4) is 5.69 Å². The first-order valence-corrected chi connectivity index (χ1v) is 10.8. The minimum atomic E-state index is -0.0355. The van der Waals surface area contributed by atoms with E-state index in [9.17, 15) is 9.59 Å². The number of benzene rings is 1. The highest BCUT2D eigenvalue weighted by molar-refractivity contribution is 5.93. The summed E-state index contributed by atoms with van der Waals surface area (Å²) in [5.41, 5.74) is 3.95. The van der Waals surface area contributed by atoms with Gasteiger partial charge in [-0.25, -0.2) is 0 Å². The van der Waals surface area contributed by atoms with Crippen LogP contribution in [0.25, 0.3) is 5.69 Å². The van der Waals surface area contributed by atoms with Crippen LogP contribution < -0.4 is 5.32 Å². The summed E-state index contributed by atoms with van der Waals surface area (Å²) in [5, 5.41) is 3.07. The molecule has 1 N–H and O–H groups in total. The first-order chi connectivity index (χ1) is 15.1. The van der Waals surface area contributed by atoms with Crippen molar-refractivity contribution in [1.29, 1.82) is 0 Å². The number of hydrogen-bond acceptors (Lipinski definition) is 3. The van der Waals surface area contributed by atoms with Gasteiger partial charge in [-0.05, 0) is 56.0 Å². The van der Waals surface area contributed by atoms with E-state index >= 15 is 0 Å². The number of nitrogens with zero attached hydrogens (tertiary/aromatic N) is 3. The lowest BCUT2D eigenvalue weighted by Gasteiger charge is -2.31. The Bertz CT molecular complexity index is 1040. The summed E-state index contributed by atoms with van der Waals surface area (Å²) < 4.78 is 1.86. The van der Waals surface area contributed by atoms with Crippen LogP contribution in [0.5, 0.6) is 0 Å². The Morgan fingerprint density at radius 3 is 2.68 bits per heavy atom. The van der Waals surface area contributed by atoms with Gasteiger partial charge in [0.15, 0.2) is 0 Å². The van der Waals surface area contributed by atoms with Gasteiger partial charge in [0.25, 0.3) is 5.91 Å². The summed E-state index contributed by atoms with van der Waals surface area (Å²) in [6.07, 6.45) is 7.54. The molecule has 6 nitrogen and oxygen atoms in total. The number of amides is 2. The van der Waals surface area contributed by atoms with Gasteiger partial charge in [-0.15, -0.1) is 0 Å². The standard InChI is InChI=1S/C25H28N4O2/c1-19-5-2-6-20(17-19)9-13-27-24(30)21-10-15-28(16-11-21)25(31)23-8-4-14-29(23)22-7-3-12-26-18-22/h2-8,12,14,17-18,21H,9-11,13,15-16H2,1H3,(H,27,30). The lowest BCUT2D eigenvalue weighted by Crippen LogP contribution is -2.43. The summed E-state index contributed by atoms with van der Waals surface area (Å²) >= 11 is 0. The molecule has 1 saturated heterocycles. The smallest absolute Gasteiger partial charge is 0.270 e. The van der Waals surface area contributed by atoms with Gasteiger partial charge < -0.3 is 14.8 Å². The number of hydrogen-bond donors (Lipinski definition) is 1. The molecule has 0 saturated carbocycles. The summed E-state index contributed by atoms with van der Waals surface area (Å²) in [6.45, 7) is 3.89. The fourth-order valence-electron chi connectivity index (χ4n) is 4.13. The first kappa shape index (κ1) is 20.8. The van der Waals surface area contributed by atoms with Crippen molar-refractivity contribution in [2.45, 2.75) is 26.2 Å². The Morgan fingerprint density at radius 1 is 1.10 bits per heavy atom. The van der Waals surface area contributed by atoms with Gasteiger partial charge in [-0.2, -0.15) is 0 Å². The summed E-state index contributed by atoms with van der Waals surface area (Å²) in [4.78, 5) is 31.6. The van der Waals surface area contributed by atoms with Crippen LogP contribution in [0.15, 0.2) is 67.1 Å². The maximum atomic E-state index is 13.1. The van der Waals surface area contributed by atoms with Crippen LogP contribution >= 0.6 is 0 Å². The number of aryl methyl sites for hydroxylation is 1. The van der Waals surface area contributed by atoms with Crippen molar-refractivity contribution in [3.63, 3.8) is 0 Å². The lowest BCUT2D eigenvalue weighted by molar-refractivity contribution is -0.126. The highest BCUT2D eigenvalue weighted by Gasteiger charge is 2.28. The summed E-state index contributed by atoms with van der Waals surface area (Å²) in [6, 6.07) is 15.8.